The number of urea groups is 1. The zero-order valence-electron chi connectivity index (χ0n) is 11.7. The van der Waals surface area contributed by atoms with E-state index in [1.165, 1.54) is 12.3 Å². The summed E-state index contributed by atoms with van der Waals surface area (Å²) in [6.07, 6.45) is 1.53. The van der Waals surface area contributed by atoms with Crippen molar-refractivity contribution in [1.82, 2.24) is 4.98 Å². The van der Waals surface area contributed by atoms with Crippen LogP contribution in [0.2, 0.25) is 0 Å². The van der Waals surface area contributed by atoms with Crippen LogP contribution in [0.3, 0.4) is 0 Å². The van der Waals surface area contributed by atoms with Crippen LogP contribution in [0.4, 0.5) is 16.2 Å². The number of hydrogen-bond donors (Lipinski definition) is 3. The number of aromatic carboxylic acids is 1. The van der Waals surface area contributed by atoms with Gasteiger partial charge < -0.3 is 15.7 Å². The molecule has 0 saturated carbocycles. The third-order valence-corrected chi connectivity index (χ3v) is 2.82. The number of carboxylic acids is 1. The fraction of sp³-hybridized carbons (Fsp3) is 0.133. The van der Waals surface area contributed by atoms with Crippen LogP contribution in [0.1, 0.15) is 21.6 Å². The topological polar surface area (TPSA) is 91.3 Å². The molecule has 6 nitrogen and oxygen atoms in total. The van der Waals surface area contributed by atoms with Crippen LogP contribution in [0.15, 0.2) is 36.5 Å². The van der Waals surface area contributed by atoms with E-state index < -0.39 is 12.0 Å². The maximum Gasteiger partial charge on any atom is 0.337 e. The molecule has 1 heterocycles. The zero-order valence-corrected chi connectivity index (χ0v) is 11.7. The number of nitrogens with one attached hydrogen (secondary N) is 2. The number of carbonyl (C=O) groups excluding carboxylic acids is 1. The summed E-state index contributed by atoms with van der Waals surface area (Å²) in [5, 5.41) is 14.3. The molecule has 0 unspecified atom stereocenters. The Bertz CT molecular complexity index is 681. The van der Waals surface area contributed by atoms with E-state index in [0.717, 1.165) is 11.3 Å². The molecule has 0 aliphatic carbocycles. The summed E-state index contributed by atoms with van der Waals surface area (Å²) < 4.78 is 0. The molecular weight excluding hydrogens is 270 g/mol. The summed E-state index contributed by atoms with van der Waals surface area (Å²) in [5.74, 6) is -1.09. The lowest BCUT2D eigenvalue weighted by Gasteiger charge is -2.10. The number of nitrogens with zero attached hydrogens (tertiary/aromatic N) is 1. The van der Waals surface area contributed by atoms with Crippen LogP contribution in [-0.2, 0) is 0 Å². The first kappa shape index (κ1) is 14.5. The van der Waals surface area contributed by atoms with E-state index in [-0.39, 0.29) is 11.3 Å². The summed E-state index contributed by atoms with van der Waals surface area (Å²) >= 11 is 0. The van der Waals surface area contributed by atoms with Gasteiger partial charge in [0.1, 0.15) is 0 Å². The van der Waals surface area contributed by atoms with Gasteiger partial charge in [-0.2, -0.15) is 0 Å². The van der Waals surface area contributed by atoms with Crippen LogP contribution < -0.4 is 10.6 Å². The van der Waals surface area contributed by atoms with E-state index in [0.29, 0.717) is 5.69 Å². The second kappa shape index (κ2) is 6.04. The third kappa shape index (κ3) is 3.79. The van der Waals surface area contributed by atoms with Gasteiger partial charge in [-0.3, -0.25) is 4.98 Å². The predicted octanol–water partition coefficient (Wildman–Crippen LogP) is 3.04. The van der Waals surface area contributed by atoms with Crippen molar-refractivity contribution in [2.75, 3.05) is 10.6 Å². The van der Waals surface area contributed by atoms with Crippen LogP contribution >= 0.6 is 0 Å². The second-order valence-electron chi connectivity index (χ2n) is 4.62. The van der Waals surface area contributed by atoms with Crippen LogP contribution in [0, 0.1) is 13.8 Å². The molecule has 2 aromatic rings. The molecule has 2 rings (SSSR count). The Morgan fingerprint density at radius 3 is 2.48 bits per heavy atom. The minimum Gasteiger partial charge on any atom is -0.478 e. The van der Waals surface area contributed by atoms with Crippen molar-refractivity contribution in [3.05, 3.63) is 53.3 Å². The van der Waals surface area contributed by atoms with Gasteiger partial charge in [-0.05, 0) is 38.1 Å². The molecule has 0 aliphatic rings. The van der Waals surface area contributed by atoms with Gasteiger partial charge in [0.05, 0.1) is 23.1 Å². The molecule has 1 aromatic heterocycles. The smallest absolute Gasteiger partial charge is 0.337 e. The summed E-state index contributed by atoms with van der Waals surface area (Å²) in [7, 11) is 0. The Hall–Kier alpha value is -2.89. The largest absolute Gasteiger partial charge is 0.478 e. The van der Waals surface area contributed by atoms with Gasteiger partial charge >= 0.3 is 12.0 Å². The first-order valence-corrected chi connectivity index (χ1v) is 6.30. The number of benzene rings is 1. The highest BCUT2D eigenvalue weighted by atomic mass is 16.4. The Kier molecular flexibility index (Phi) is 4.18. The van der Waals surface area contributed by atoms with Gasteiger partial charge in [0.2, 0.25) is 0 Å². The normalized spacial score (nSPS) is 10.0. The number of anilines is 2. The first-order valence-electron chi connectivity index (χ1n) is 6.30. The first-order chi connectivity index (χ1) is 9.95. The van der Waals surface area contributed by atoms with Gasteiger partial charge in [-0.1, -0.05) is 11.6 Å². The van der Waals surface area contributed by atoms with Crippen molar-refractivity contribution in [3.8, 4) is 0 Å². The quantitative estimate of drug-likeness (QED) is 0.808. The molecule has 3 N–H and O–H groups in total. The maximum absolute atomic E-state index is 11.9. The molecule has 6 heteroatoms. The van der Waals surface area contributed by atoms with Crippen molar-refractivity contribution in [3.63, 3.8) is 0 Å². The molecule has 108 valence electrons. The van der Waals surface area contributed by atoms with E-state index in [4.69, 9.17) is 5.11 Å². The van der Waals surface area contributed by atoms with E-state index in [9.17, 15) is 9.59 Å². The molecule has 21 heavy (non-hydrogen) atoms. The standard InChI is InChI=1S/C15H15N3O3/c1-9-3-6-13(12(7-9)14(19)20)18-15(21)17-11-5-4-10(2)16-8-11/h3-8H,1-2H3,(H,19,20)(H2,17,18,21). The number of carboxylic acid groups (broad SMARTS) is 1. The van der Waals surface area contributed by atoms with Gasteiger partial charge in [-0.25, -0.2) is 9.59 Å². The number of aromatic nitrogens is 1. The van der Waals surface area contributed by atoms with Gasteiger partial charge in [0.15, 0.2) is 0 Å². The van der Waals surface area contributed by atoms with Crippen molar-refractivity contribution in [1.29, 1.82) is 0 Å². The number of aryl methyl sites for hydroxylation is 2. The Morgan fingerprint density at radius 1 is 1.10 bits per heavy atom. The van der Waals surface area contributed by atoms with Crippen molar-refractivity contribution in [2.24, 2.45) is 0 Å². The predicted molar refractivity (Wildman–Crippen MR) is 79.8 cm³/mol. The molecule has 0 radical (unpaired) electrons. The highest BCUT2D eigenvalue weighted by Crippen LogP contribution is 2.18. The fourth-order valence-electron chi connectivity index (χ4n) is 1.77. The van der Waals surface area contributed by atoms with Crippen molar-refractivity contribution in [2.45, 2.75) is 13.8 Å². The lowest BCUT2D eigenvalue weighted by Crippen LogP contribution is -2.21. The van der Waals surface area contributed by atoms with Gasteiger partial charge in [-0.15, -0.1) is 0 Å². The third-order valence-electron chi connectivity index (χ3n) is 2.82. The van der Waals surface area contributed by atoms with Gasteiger partial charge in [0.25, 0.3) is 0 Å². The Labute approximate surface area is 121 Å². The number of carbonyl (C=O) groups is 2. The molecule has 0 bridgehead atoms. The van der Waals surface area contributed by atoms with Crippen LogP contribution in [-0.4, -0.2) is 22.1 Å². The molecule has 0 saturated heterocycles. The summed E-state index contributed by atoms with van der Waals surface area (Å²) in [6.45, 7) is 3.63. The van der Waals surface area contributed by atoms with E-state index in [2.05, 4.69) is 15.6 Å². The average Bonchev–Trinajstić information content (AvgIpc) is 2.43. The van der Waals surface area contributed by atoms with E-state index in [1.807, 2.05) is 6.92 Å². The molecule has 2 amide bonds. The summed E-state index contributed by atoms with van der Waals surface area (Å²) in [4.78, 5) is 27.1. The lowest BCUT2D eigenvalue weighted by atomic mass is 10.1. The van der Waals surface area contributed by atoms with Crippen molar-refractivity contribution >= 4 is 23.4 Å². The van der Waals surface area contributed by atoms with Gasteiger partial charge in [0, 0.05) is 5.69 Å². The highest BCUT2D eigenvalue weighted by molar-refractivity contribution is 6.04. The minimum absolute atomic E-state index is 0.0483. The molecule has 0 atom stereocenters. The maximum atomic E-state index is 11.9. The van der Waals surface area contributed by atoms with Crippen LogP contribution in [0.5, 0.6) is 0 Å². The summed E-state index contributed by atoms with van der Waals surface area (Å²) in [6, 6.07) is 7.76. The number of hydrogen-bond acceptors (Lipinski definition) is 3. The average molecular weight is 285 g/mol. The van der Waals surface area contributed by atoms with E-state index in [1.54, 1.807) is 31.2 Å². The number of amides is 2. The second-order valence-corrected chi connectivity index (χ2v) is 4.62. The fourth-order valence-corrected chi connectivity index (χ4v) is 1.77. The molecule has 0 spiro atoms. The molecule has 0 fully saturated rings. The summed E-state index contributed by atoms with van der Waals surface area (Å²) in [5.41, 5.74) is 2.47. The van der Waals surface area contributed by atoms with E-state index >= 15 is 0 Å². The zero-order chi connectivity index (χ0) is 15.4. The Morgan fingerprint density at radius 2 is 1.86 bits per heavy atom. The molecular formula is C15H15N3O3. The molecule has 0 aliphatic heterocycles. The SMILES string of the molecule is Cc1ccc(NC(=O)Nc2ccc(C)nc2)c(C(=O)O)c1. The van der Waals surface area contributed by atoms with Crippen molar-refractivity contribution < 1.29 is 14.7 Å². The number of rotatable bonds is 3. The molecule has 1 aromatic carbocycles. The Balaban J connectivity index is 2.12. The minimum atomic E-state index is -1.09. The monoisotopic (exact) mass is 285 g/mol. The highest BCUT2D eigenvalue weighted by Gasteiger charge is 2.12. The van der Waals surface area contributed by atoms with Crippen LogP contribution in [0.25, 0.3) is 0 Å². The number of pyridine rings is 1. The lowest BCUT2D eigenvalue weighted by molar-refractivity contribution is 0.0698.